The molecule has 0 unspecified atom stereocenters. The second kappa shape index (κ2) is 16.6. The van der Waals surface area contributed by atoms with Crippen LogP contribution in [0.15, 0.2) is 59.1 Å². The third kappa shape index (κ3) is 11.2. The summed E-state index contributed by atoms with van der Waals surface area (Å²) in [6, 6.07) is 14.8. The van der Waals surface area contributed by atoms with E-state index in [9.17, 15) is 24.3 Å². The molecule has 0 bridgehead atoms. The van der Waals surface area contributed by atoms with Crippen LogP contribution in [0.1, 0.15) is 52.2 Å². The number of benzene rings is 2. The first-order chi connectivity index (χ1) is 20.6. The van der Waals surface area contributed by atoms with Crippen molar-refractivity contribution in [2.24, 2.45) is 11.3 Å². The first-order valence-corrected chi connectivity index (χ1v) is 15.3. The minimum Gasteiger partial charge on any atom is -0.453 e. The largest absolute Gasteiger partial charge is 0.453 e. The molecule has 0 saturated carbocycles. The van der Waals surface area contributed by atoms with E-state index in [1.54, 1.807) is 18.9 Å². The second-order valence-electron chi connectivity index (χ2n) is 12.2. The van der Waals surface area contributed by atoms with E-state index < -0.39 is 41.0 Å². The fraction of sp³-hybridized carbons (Fsp3) is 0.500. The highest BCUT2D eigenvalue weighted by Gasteiger charge is 2.40. The van der Waals surface area contributed by atoms with E-state index in [1.807, 2.05) is 75.4 Å². The van der Waals surface area contributed by atoms with Crippen LogP contribution in [0.25, 0.3) is 0 Å². The molecular weight excluding hydrogens is 630 g/mol. The predicted octanol–water partition coefficient (Wildman–Crippen LogP) is 3.30. The average molecular weight is 677 g/mol. The molecule has 0 saturated heterocycles. The Labute approximate surface area is 268 Å². The van der Waals surface area contributed by atoms with Crippen LogP contribution in [0, 0.1) is 11.3 Å². The zero-order chi connectivity index (χ0) is 33.1. The number of nitrogens with zero attached hydrogens (tertiary/aromatic N) is 1. The summed E-state index contributed by atoms with van der Waals surface area (Å²) in [5.74, 6) is -1.79. The van der Waals surface area contributed by atoms with Crippen LogP contribution in [0.2, 0.25) is 0 Å². The van der Waals surface area contributed by atoms with E-state index in [-0.39, 0.29) is 37.8 Å². The van der Waals surface area contributed by atoms with Gasteiger partial charge in [0.15, 0.2) is 0 Å². The highest BCUT2D eigenvalue weighted by molar-refractivity contribution is 9.10. The molecule has 4 amide bonds. The molecule has 242 valence electrons. The normalized spacial score (nSPS) is 14.2. The van der Waals surface area contributed by atoms with Crippen LogP contribution in [0.5, 0.6) is 0 Å². The minimum atomic E-state index is -1.93. The van der Waals surface area contributed by atoms with E-state index in [0.29, 0.717) is 0 Å². The molecule has 0 aliphatic rings. The zero-order valence-electron chi connectivity index (χ0n) is 26.6. The van der Waals surface area contributed by atoms with Crippen LogP contribution in [0.4, 0.5) is 4.79 Å². The number of hydrogen-bond acceptors (Lipinski definition) is 7. The van der Waals surface area contributed by atoms with Gasteiger partial charge in [0, 0.05) is 37.5 Å². The lowest BCUT2D eigenvalue weighted by atomic mass is 9.86. The second-order valence-corrected chi connectivity index (χ2v) is 13.1. The summed E-state index contributed by atoms with van der Waals surface area (Å²) in [6.07, 6.45) is -0.857. The molecule has 3 atom stereocenters. The van der Waals surface area contributed by atoms with E-state index in [4.69, 9.17) is 4.74 Å². The van der Waals surface area contributed by atoms with Gasteiger partial charge in [-0.2, -0.15) is 0 Å². The summed E-state index contributed by atoms with van der Waals surface area (Å²) >= 11 is 3.43. The van der Waals surface area contributed by atoms with E-state index in [2.05, 4.69) is 37.3 Å². The molecular formula is C32H46BrN5O6. The van der Waals surface area contributed by atoms with Crippen molar-refractivity contribution in [3.05, 3.63) is 70.2 Å². The lowest BCUT2D eigenvalue weighted by Crippen LogP contribution is -2.59. The van der Waals surface area contributed by atoms with Crippen molar-refractivity contribution >= 4 is 39.7 Å². The number of halogens is 1. The summed E-state index contributed by atoms with van der Waals surface area (Å²) < 4.78 is 5.62. The summed E-state index contributed by atoms with van der Waals surface area (Å²) in [5.41, 5.74) is 1.87. The summed E-state index contributed by atoms with van der Waals surface area (Å²) in [4.78, 5) is 51.9. The predicted molar refractivity (Wildman–Crippen MR) is 172 cm³/mol. The van der Waals surface area contributed by atoms with Gasteiger partial charge in [0.1, 0.15) is 17.7 Å². The summed E-state index contributed by atoms with van der Waals surface area (Å²) in [6.45, 7) is 9.34. The topological polar surface area (TPSA) is 149 Å². The van der Waals surface area contributed by atoms with Crippen molar-refractivity contribution in [2.75, 3.05) is 20.7 Å². The average Bonchev–Trinajstić information content (AvgIpc) is 2.97. The number of methoxy groups -OCH3 is 1. The number of nitrogens with one attached hydrogen (secondary N) is 4. The van der Waals surface area contributed by atoms with Crippen LogP contribution < -0.4 is 21.4 Å². The Morgan fingerprint density at radius 3 is 2.07 bits per heavy atom. The first kappa shape index (κ1) is 36.7. The van der Waals surface area contributed by atoms with Gasteiger partial charge in [-0.05, 0) is 34.6 Å². The number of ether oxygens (including phenoxy) is 1. The molecule has 0 heterocycles. The Balaban J connectivity index is 2.42. The molecule has 0 aliphatic heterocycles. The fourth-order valence-corrected chi connectivity index (χ4v) is 4.82. The SMILES string of the molecule is CNC(=O)[C@@H](NC(=O)[C@@](O)(CCN(Cc1ccc(Br)cc1)NC(=O)[C@@H](NC(=O)OC)C(C)(C)C)Cc1ccccc1)C(C)C. The van der Waals surface area contributed by atoms with Crippen molar-refractivity contribution in [3.63, 3.8) is 0 Å². The molecule has 44 heavy (non-hydrogen) atoms. The van der Waals surface area contributed by atoms with Crippen LogP contribution in [-0.4, -0.2) is 72.3 Å². The summed E-state index contributed by atoms with van der Waals surface area (Å²) in [7, 11) is 2.71. The molecule has 2 aromatic carbocycles. The molecule has 5 N–H and O–H groups in total. The Morgan fingerprint density at radius 1 is 0.932 bits per heavy atom. The van der Waals surface area contributed by atoms with Crippen molar-refractivity contribution in [2.45, 2.75) is 71.7 Å². The number of amides is 4. The number of aliphatic hydroxyl groups is 1. The third-order valence-corrected chi connectivity index (χ3v) is 7.70. The number of likely N-dealkylation sites (N-methyl/N-ethyl adjacent to an activating group) is 1. The van der Waals surface area contributed by atoms with Crippen LogP contribution >= 0.6 is 15.9 Å². The number of hydrogen-bond donors (Lipinski definition) is 5. The fourth-order valence-electron chi connectivity index (χ4n) is 4.56. The van der Waals surface area contributed by atoms with Crippen molar-refractivity contribution in [1.29, 1.82) is 0 Å². The molecule has 0 aromatic heterocycles. The molecule has 2 aromatic rings. The lowest BCUT2D eigenvalue weighted by Gasteiger charge is -2.35. The highest BCUT2D eigenvalue weighted by Crippen LogP contribution is 2.23. The number of hydrazine groups is 1. The number of carbonyl (C=O) groups excluding carboxylic acids is 4. The van der Waals surface area contributed by atoms with E-state index in [0.717, 1.165) is 15.6 Å². The third-order valence-electron chi connectivity index (χ3n) is 7.17. The van der Waals surface area contributed by atoms with Gasteiger partial charge in [0.25, 0.3) is 11.8 Å². The van der Waals surface area contributed by atoms with E-state index >= 15 is 0 Å². The van der Waals surface area contributed by atoms with Gasteiger partial charge < -0.3 is 25.8 Å². The van der Waals surface area contributed by atoms with E-state index in [1.165, 1.54) is 14.2 Å². The highest BCUT2D eigenvalue weighted by atomic mass is 79.9. The van der Waals surface area contributed by atoms with Gasteiger partial charge in [-0.25, -0.2) is 9.80 Å². The maximum atomic E-state index is 13.7. The Bertz CT molecular complexity index is 1250. The van der Waals surface area contributed by atoms with Gasteiger partial charge >= 0.3 is 6.09 Å². The molecule has 0 fully saturated rings. The molecule has 12 heteroatoms. The molecule has 11 nitrogen and oxygen atoms in total. The number of carbonyl (C=O) groups is 4. The Kier molecular flexibility index (Phi) is 13.8. The van der Waals surface area contributed by atoms with Gasteiger partial charge in [0.2, 0.25) is 5.91 Å². The van der Waals surface area contributed by atoms with Gasteiger partial charge in [-0.15, -0.1) is 0 Å². The van der Waals surface area contributed by atoms with Gasteiger partial charge in [-0.3, -0.25) is 19.8 Å². The molecule has 0 radical (unpaired) electrons. The maximum Gasteiger partial charge on any atom is 0.407 e. The first-order valence-electron chi connectivity index (χ1n) is 14.5. The van der Waals surface area contributed by atoms with Crippen LogP contribution in [-0.2, 0) is 32.1 Å². The van der Waals surface area contributed by atoms with Crippen LogP contribution in [0.3, 0.4) is 0 Å². The number of rotatable bonds is 14. The smallest absolute Gasteiger partial charge is 0.407 e. The quantitative estimate of drug-likeness (QED) is 0.193. The number of alkyl carbamates (subject to hydrolysis) is 1. The Hall–Kier alpha value is -3.48. The van der Waals surface area contributed by atoms with Crippen molar-refractivity contribution in [3.8, 4) is 0 Å². The zero-order valence-corrected chi connectivity index (χ0v) is 28.2. The standard InChI is InChI=1S/C32H46BrN5O6/c1-21(2)25(27(39)34-6)35-29(41)32(43,19-22-11-9-8-10-12-22)17-18-38(20-23-13-15-24(33)16-14-23)37-28(40)26(31(3,4)5)36-30(42)44-7/h8-16,21,25-26,43H,17-20H2,1-7H3,(H,34,39)(H,35,41)(H,36,42)(H,37,40)/t25-,26+,32+/m0/s1. The van der Waals surface area contributed by atoms with Gasteiger partial charge in [0.05, 0.1) is 7.11 Å². The maximum absolute atomic E-state index is 13.7. The molecule has 0 spiro atoms. The molecule has 0 aliphatic carbocycles. The van der Waals surface area contributed by atoms with Crippen molar-refractivity contribution < 1.29 is 29.0 Å². The lowest BCUT2D eigenvalue weighted by molar-refractivity contribution is -0.144. The van der Waals surface area contributed by atoms with Crippen molar-refractivity contribution in [1.82, 2.24) is 26.4 Å². The monoisotopic (exact) mass is 675 g/mol. The minimum absolute atomic E-state index is 0.0210. The molecule has 2 rings (SSSR count). The van der Waals surface area contributed by atoms with Gasteiger partial charge in [-0.1, -0.05) is 93.0 Å². The summed E-state index contributed by atoms with van der Waals surface area (Å²) in [5, 5.41) is 21.4. The Morgan fingerprint density at radius 2 is 1.55 bits per heavy atom.